The van der Waals surface area contributed by atoms with Crippen LogP contribution in [0.2, 0.25) is 0 Å². The molecule has 16 heavy (non-hydrogen) atoms. The van der Waals surface area contributed by atoms with Crippen LogP contribution in [0, 0.1) is 6.92 Å². The Morgan fingerprint density at radius 1 is 1.69 bits per heavy atom. The van der Waals surface area contributed by atoms with Gasteiger partial charge >= 0.3 is 0 Å². The van der Waals surface area contributed by atoms with Crippen molar-refractivity contribution in [3.8, 4) is 0 Å². The molecule has 1 aliphatic rings. The lowest BCUT2D eigenvalue weighted by Gasteiger charge is -2.33. The minimum Gasteiger partial charge on any atom is -0.333 e. The Hall–Kier alpha value is -0.650. The van der Waals surface area contributed by atoms with Gasteiger partial charge in [0, 0.05) is 25.7 Å². The normalized spacial score (nSPS) is 20.4. The quantitative estimate of drug-likeness (QED) is 0.829. The molecule has 0 spiro atoms. The van der Waals surface area contributed by atoms with Gasteiger partial charge in [0.15, 0.2) is 0 Å². The largest absolute Gasteiger partial charge is 0.333 e. The van der Waals surface area contributed by atoms with Crippen LogP contribution in [0.4, 0.5) is 0 Å². The van der Waals surface area contributed by atoms with Crippen LogP contribution in [0.3, 0.4) is 0 Å². The van der Waals surface area contributed by atoms with Crippen molar-refractivity contribution in [3.63, 3.8) is 0 Å². The molecule has 1 fully saturated rings. The Balaban J connectivity index is 0.00000128. The molecule has 2 heterocycles. The molecule has 1 atom stereocenters. The van der Waals surface area contributed by atoms with Gasteiger partial charge in [-0.1, -0.05) is 0 Å². The first-order chi connectivity index (χ1) is 7.18. The number of halogens is 1. The first kappa shape index (κ1) is 13.4. The van der Waals surface area contributed by atoms with E-state index in [9.17, 15) is 4.79 Å². The van der Waals surface area contributed by atoms with Crippen LogP contribution in [0.1, 0.15) is 21.6 Å². The highest BCUT2D eigenvalue weighted by Gasteiger charge is 2.24. The minimum absolute atomic E-state index is 0. The van der Waals surface area contributed by atoms with Crippen LogP contribution in [-0.4, -0.2) is 41.5 Å². The van der Waals surface area contributed by atoms with Gasteiger partial charge in [0.05, 0.1) is 11.2 Å². The summed E-state index contributed by atoms with van der Waals surface area (Å²) >= 11 is 1.47. The third-order valence-corrected chi connectivity index (χ3v) is 3.49. The highest BCUT2D eigenvalue weighted by molar-refractivity contribution is 7.13. The van der Waals surface area contributed by atoms with Crippen molar-refractivity contribution < 1.29 is 4.79 Å². The average Bonchev–Trinajstić information content (AvgIpc) is 2.65. The molecule has 6 heteroatoms. The van der Waals surface area contributed by atoms with E-state index in [-0.39, 0.29) is 24.4 Å². The van der Waals surface area contributed by atoms with Crippen molar-refractivity contribution in [2.75, 3.05) is 19.6 Å². The topological polar surface area (TPSA) is 45.2 Å². The zero-order chi connectivity index (χ0) is 10.8. The minimum atomic E-state index is 0. The van der Waals surface area contributed by atoms with E-state index in [1.807, 2.05) is 11.8 Å². The number of nitrogens with one attached hydrogen (secondary N) is 1. The Morgan fingerprint density at radius 3 is 3.00 bits per heavy atom. The van der Waals surface area contributed by atoms with Gasteiger partial charge < -0.3 is 10.2 Å². The summed E-state index contributed by atoms with van der Waals surface area (Å²) in [6.07, 6.45) is 1.68. The van der Waals surface area contributed by atoms with Gasteiger partial charge in [-0.05, 0) is 13.8 Å². The first-order valence-corrected chi connectivity index (χ1v) is 5.94. The third kappa shape index (κ3) is 2.72. The summed E-state index contributed by atoms with van der Waals surface area (Å²) in [5.74, 6) is 0.120. The lowest BCUT2D eigenvalue weighted by Crippen LogP contribution is -2.52. The molecule has 2 rings (SSSR count). The predicted octanol–water partition coefficient (Wildman–Crippen LogP) is 1.31. The maximum absolute atomic E-state index is 12.1. The number of amides is 1. The number of aryl methyl sites for hydroxylation is 1. The van der Waals surface area contributed by atoms with Crippen LogP contribution in [0.15, 0.2) is 6.20 Å². The summed E-state index contributed by atoms with van der Waals surface area (Å²) in [4.78, 5) is 18.9. The molecule has 0 unspecified atom stereocenters. The number of hydrogen-bond donors (Lipinski definition) is 1. The van der Waals surface area contributed by atoms with E-state index < -0.39 is 0 Å². The zero-order valence-corrected chi connectivity index (χ0v) is 11.0. The molecule has 1 saturated heterocycles. The standard InChI is InChI=1S/C10H15N3OS.ClH/c1-7-5-11-3-4-13(7)10(14)9-6-12-8(2)15-9;/h6-7,11H,3-5H2,1-2H3;1H/t7-;/m1./s1. The second kappa shape index (κ2) is 5.61. The van der Waals surface area contributed by atoms with Crippen molar-refractivity contribution in [2.24, 2.45) is 0 Å². The van der Waals surface area contributed by atoms with Gasteiger partial charge in [-0.2, -0.15) is 0 Å². The lowest BCUT2D eigenvalue weighted by atomic mass is 10.2. The number of hydrogen-bond acceptors (Lipinski definition) is 4. The number of thiazole rings is 1. The number of rotatable bonds is 1. The number of carbonyl (C=O) groups excluding carboxylic acids is 1. The van der Waals surface area contributed by atoms with Crippen LogP contribution in [0.5, 0.6) is 0 Å². The van der Waals surface area contributed by atoms with Crippen LogP contribution >= 0.6 is 23.7 Å². The fourth-order valence-electron chi connectivity index (χ4n) is 1.74. The molecule has 4 nitrogen and oxygen atoms in total. The molecular formula is C10H16ClN3OS. The summed E-state index contributed by atoms with van der Waals surface area (Å²) < 4.78 is 0. The van der Waals surface area contributed by atoms with Crippen molar-refractivity contribution in [3.05, 3.63) is 16.1 Å². The molecular weight excluding hydrogens is 246 g/mol. The van der Waals surface area contributed by atoms with Crippen LogP contribution in [0.25, 0.3) is 0 Å². The second-order valence-corrected chi connectivity index (χ2v) is 5.03. The highest BCUT2D eigenvalue weighted by atomic mass is 35.5. The molecule has 0 saturated carbocycles. The summed E-state index contributed by atoms with van der Waals surface area (Å²) in [6, 6.07) is 0.272. The summed E-state index contributed by atoms with van der Waals surface area (Å²) in [6.45, 7) is 6.54. The van der Waals surface area contributed by atoms with E-state index >= 15 is 0 Å². The van der Waals surface area contributed by atoms with E-state index in [1.165, 1.54) is 11.3 Å². The smallest absolute Gasteiger partial charge is 0.265 e. The van der Waals surface area contributed by atoms with Gasteiger partial charge in [0.2, 0.25) is 0 Å². The van der Waals surface area contributed by atoms with Crippen LogP contribution in [-0.2, 0) is 0 Å². The maximum Gasteiger partial charge on any atom is 0.265 e. The van der Waals surface area contributed by atoms with Gasteiger partial charge in [0.25, 0.3) is 5.91 Å². The molecule has 1 aliphatic heterocycles. The molecule has 0 aromatic carbocycles. The molecule has 1 amide bonds. The summed E-state index contributed by atoms with van der Waals surface area (Å²) in [5.41, 5.74) is 0. The summed E-state index contributed by atoms with van der Waals surface area (Å²) in [7, 11) is 0. The number of nitrogens with zero attached hydrogens (tertiary/aromatic N) is 2. The van der Waals surface area contributed by atoms with Gasteiger partial charge in [-0.15, -0.1) is 23.7 Å². The summed E-state index contributed by atoms with van der Waals surface area (Å²) in [5, 5.41) is 4.22. The Morgan fingerprint density at radius 2 is 2.44 bits per heavy atom. The fraction of sp³-hybridized carbons (Fsp3) is 0.600. The second-order valence-electron chi connectivity index (χ2n) is 3.80. The molecule has 1 N–H and O–H groups in total. The fourth-order valence-corrected chi connectivity index (χ4v) is 2.48. The van der Waals surface area contributed by atoms with Crippen molar-refractivity contribution >= 4 is 29.7 Å². The van der Waals surface area contributed by atoms with Crippen LogP contribution < -0.4 is 5.32 Å². The van der Waals surface area contributed by atoms with E-state index in [0.29, 0.717) is 0 Å². The van der Waals surface area contributed by atoms with Crippen molar-refractivity contribution in [1.29, 1.82) is 0 Å². The maximum atomic E-state index is 12.1. The van der Waals surface area contributed by atoms with Gasteiger partial charge in [-0.25, -0.2) is 4.98 Å². The molecule has 1 aromatic rings. The Kier molecular flexibility index (Phi) is 4.70. The molecule has 0 bridgehead atoms. The highest BCUT2D eigenvalue weighted by Crippen LogP contribution is 2.16. The van der Waals surface area contributed by atoms with Crippen molar-refractivity contribution in [1.82, 2.24) is 15.2 Å². The molecule has 0 aliphatic carbocycles. The number of piperazine rings is 1. The van der Waals surface area contributed by atoms with E-state index in [0.717, 1.165) is 29.5 Å². The molecule has 90 valence electrons. The van der Waals surface area contributed by atoms with E-state index in [1.54, 1.807) is 6.20 Å². The lowest BCUT2D eigenvalue weighted by molar-refractivity contribution is 0.0660. The monoisotopic (exact) mass is 261 g/mol. The SMILES string of the molecule is Cc1ncc(C(=O)N2CCNC[C@H]2C)s1.Cl. The van der Waals surface area contributed by atoms with E-state index in [2.05, 4.69) is 17.2 Å². The Bertz CT molecular complexity index is 369. The van der Waals surface area contributed by atoms with E-state index in [4.69, 9.17) is 0 Å². The number of aromatic nitrogens is 1. The van der Waals surface area contributed by atoms with Gasteiger partial charge in [-0.3, -0.25) is 4.79 Å². The zero-order valence-electron chi connectivity index (χ0n) is 9.40. The first-order valence-electron chi connectivity index (χ1n) is 5.12. The molecule has 0 radical (unpaired) electrons. The average molecular weight is 262 g/mol. The third-order valence-electron chi connectivity index (χ3n) is 2.59. The molecule has 1 aromatic heterocycles. The van der Waals surface area contributed by atoms with Gasteiger partial charge in [0.1, 0.15) is 4.88 Å². The van der Waals surface area contributed by atoms with Crippen molar-refractivity contribution in [2.45, 2.75) is 19.9 Å². The predicted molar refractivity (Wildman–Crippen MR) is 67.5 cm³/mol. The number of carbonyl (C=O) groups is 1. The Labute approximate surface area is 105 Å².